The first-order valence-corrected chi connectivity index (χ1v) is 6.28. The summed E-state index contributed by atoms with van der Waals surface area (Å²) in [5.74, 6) is -1.36. The average Bonchev–Trinajstić information content (AvgIpc) is 2.36. The smallest absolute Gasteiger partial charge is 0.291 e. The second-order valence-electron chi connectivity index (χ2n) is 5.49. The fourth-order valence-electron chi connectivity index (χ4n) is 2.09. The molecular weight excluding hydrogens is 234 g/mol. The zero-order valence-electron chi connectivity index (χ0n) is 11.2. The summed E-state index contributed by atoms with van der Waals surface area (Å²) in [5, 5.41) is 9.13. The van der Waals surface area contributed by atoms with E-state index in [1.807, 2.05) is 0 Å². The van der Waals surface area contributed by atoms with Gasteiger partial charge in [0.05, 0.1) is 18.1 Å². The Labute approximate surface area is 107 Å². The lowest BCUT2D eigenvalue weighted by atomic mass is 9.87. The van der Waals surface area contributed by atoms with Gasteiger partial charge in [-0.2, -0.15) is 0 Å². The third kappa shape index (κ3) is 2.96. The number of ketones is 2. The minimum atomic E-state index is -1.09. The van der Waals surface area contributed by atoms with Crippen molar-refractivity contribution in [1.82, 2.24) is 4.90 Å². The van der Waals surface area contributed by atoms with Crippen molar-refractivity contribution in [2.75, 3.05) is 13.2 Å². The van der Waals surface area contributed by atoms with E-state index in [-0.39, 0.29) is 12.4 Å². The summed E-state index contributed by atoms with van der Waals surface area (Å²) in [7, 11) is 0. The number of aliphatic hydroxyl groups excluding tert-OH is 1. The largest absolute Gasteiger partial charge is 0.395 e. The van der Waals surface area contributed by atoms with Crippen molar-refractivity contribution in [3.05, 3.63) is 0 Å². The maximum Gasteiger partial charge on any atom is 0.291 e. The fourth-order valence-corrected chi connectivity index (χ4v) is 2.09. The van der Waals surface area contributed by atoms with Gasteiger partial charge in [-0.05, 0) is 26.2 Å². The first-order valence-electron chi connectivity index (χ1n) is 6.28. The number of carbonyl (C=O) groups is 3. The van der Waals surface area contributed by atoms with Gasteiger partial charge in [-0.1, -0.05) is 13.8 Å². The molecule has 1 rings (SSSR count). The highest BCUT2D eigenvalue weighted by molar-refractivity contribution is 6.38. The number of amides is 1. The van der Waals surface area contributed by atoms with Crippen LogP contribution in [0.25, 0.3) is 0 Å². The number of nitrogens with zero attached hydrogens (tertiary/aromatic N) is 1. The molecule has 5 heteroatoms. The van der Waals surface area contributed by atoms with Crippen LogP contribution < -0.4 is 0 Å². The van der Waals surface area contributed by atoms with E-state index in [9.17, 15) is 14.4 Å². The number of aliphatic hydroxyl groups is 1. The summed E-state index contributed by atoms with van der Waals surface area (Å²) in [6, 6.07) is -0.482. The van der Waals surface area contributed by atoms with Crippen molar-refractivity contribution in [2.45, 2.75) is 46.1 Å². The molecule has 1 amide bonds. The van der Waals surface area contributed by atoms with Crippen LogP contribution >= 0.6 is 0 Å². The van der Waals surface area contributed by atoms with Gasteiger partial charge in [0.25, 0.3) is 5.91 Å². The van der Waals surface area contributed by atoms with E-state index in [1.165, 1.54) is 25.7 Å². The van der Waals surface area contributed by atoms with Crippen molar-refractivity contribution < 1.29 is 19.5 Å². The van der Waals surface area contributed by atoms with E-state index in [4.69, 9.17) is 5.11 Å². The number of rotatable bonds is 4. The molecule has 1 heterocycles. The SMILES string of the molecule is CC(=O)C1CCCCN1C(=O)C(=O)C(C)(C)CO. The number of Topliss-reactive ketones (excluding diaryl/α,β-unsaturated/α-hetero) is 2. The second kappa shape index (κ2) is 5.61. The highest BCUT2D eigenvalue weighted by Gasteiger charge is 2.39. The molecule has 1 aliphatic heterocycles. The van der Waals surface area contributed by atoms with Gasteiger partial charge in [-0.15, -0.1) is 0 Å². The molecule has 0 saturated carbocycles. The van der Waals surface area contributed by atoms with Gasteiger partial charge in [0.2, 0.25) is 5.78 Å². The van der Waals surface area contributed by atoms with Crippen LogP contribution in [-0.4, -0.2) is 46.7 Å². The molecule has 1 atom stereocenters. The van der Waals surface area contributed by atoms with Gasteiger partial charge in [0.1, 0.15) is 0 Å². The molecule has 5 nitrogen and oxygen atoms in total. The van der Waals surface area contributed by atoms with Crippen LogP contribution in [0.3, 0.4) is 0 Å². The average molecular weight is 255 g/mol. The maximum atomic E-state index is 12.1. The fraction of sp³-hybridized carbons (Fsp3) is 0.769. The number of piperidine rings is 1. The quantitative estimate of drug-likeness (QED) is 0.744. The molecule has 0 aromatic carbocycles. The Balaban J connectivity index is 2.87. The van der Waals surface area contributed by atoms with E-state index in [2.05, 4.69) is 0 Å². The molecule has 0 bridgehead atoms. The molecule has 0 aliphatic carbocycles. The maximum absolute atomic E-state index is 12.1. The topological polar surface area (TPSA) is 74.7 Å². The Kier molecular flexibility index (Phi) is 4.62. The third-order valence-corrected chi connectivity index (χ3v) is 3.44. The Morgan fingerprint density at radius 1 is 1.28 bits per heavy atom. The van der Waals surface area contributed by atoms with Gasteiger partial charge in [-0.25, -0.2) is 0 Å². The highest BCUT2D eigenvalue weighted by atomic mass is 16.3. The Hall–Kier alpha value is -1.23. The van der Waals surface area contributed by atoms with Crippen molar-refractivity contribution in [1.29, 1.82) is 0 Å². The number of carbonyl (C=O) groups excluding carboxylic acids is 3. The summed E-state index contributed by atoms with van der Waals surface area (Å²) in [6.45, 7) is 4.56. The van der Waals surface area contributed by atoms with E-state index in [0.717, 1.165) is 12.8 Å². The zero-order valence-corrected chi connectivity index (χ0v) is 11.2. The monoisotopic (exact) mass is 255 g/mol. The Morgan fingerprint density at radius 3 is 2.39 bits per heavy atom. The van der Waals surface area contributed by atoms with Gasteiger partial charge < -0.3 is 10.0 Å². The molecule has 1 unspecified atom stereocenters. The molecule has 0 spiro atoms. The summed E-state index contributed by atoms with van der Waals surface area (Å²) in [4.78, 5) is 37.0. The van der Waals surface area contributed by atoms with Gasteiger partial charge >= 0.3 is 0 Å². The lowest BCUT2D eigenvalue weighted by Crippen LogP contribution is -2.52. The van der Waals surface area contributed by atoms with Gasteiger partial charge in [-0.3, -0.25) is 14.4 Å². The number of hydrogen-bond donors (Lipinski definition) is 1. The van der Waals surface area contributed by atoms with Crippen LogP contribution in [0.5, 0.6) is 0 Å². The Bertz CT molecular complexity index is 362. The van der Waals surface area contributed by atoms with Crippen LogP contribution in [0.15, 0.2) is 0 Å². The van der Waals surface area contributed by atoms with Crippen LogP contribution in [0.4, 0.5) is 0 Å². The summed E-state index contributed by atoms with van der Waals surface area (Å²) >= 11 is 0. The molecule has 1 saturated heterocycles. The molecule has 0 aromatic heterocycles. The van der Waals surface area contributed by atoms with Crippen LogP contribution in [0, 0.1) is 5.41 Å². The van der Waals surface area contributed by atoms with E-state index >= 15 is 0 Å². The predicted molar refractivity (Wildman–Crippen MR) is 65.9 cm³/mol. The summed E-state index contributed by atoms with van der Waals surface area (Å²) in [5.41, 5.74) is -1.09. The van der Waals surface area contributed by atoms with Crippen molar-refractivity contribution in [2.24, 2.45) is 5.41 Å². The van der Waals surface area contributed by atoms with Crippen LogP contribution in [0.1, 0.15) is 40.0 Å². The molecule has 1 N–H and O–H groups in total. The first-order chi connectivity index (χ1) is 8.31. The van der Waals surface area contributed by atoms with E-state index in [0.29, 0.717) is 13.0 Å². The minimum Gasteiger partial charge on any atom is -0.395 e. The van der Waals surface area contributed by atoms with Gasteiger partial charge in [0, 0.05) is 6.54 Å². The molecular formula is C13H21NO4. The summed E-state index contributed by atoms with van der Waals surface area (Å²) in [6.07, 6.45) is 2.32. The number of hydrogen-bond acceptors (Lipinski definition) is 4. The van der Waals surface area contributed by atoms with Gasteiger partial charge in [0.15, 0.2) is 5.78 Å². The molecule has 0 radical (unpaired) electrons. The lowest BCUT2D eigenvalue weighted by molar-refractivity contribution is -0.154. The van der Waals surface area contributed by atoms with E-state index < -0.39 is 23.1 Å². The second-order valence-corrected chi connectivity index (χ2v) is 5.49. The molecule has 102 valence electrons. The van der Waals surface area contributed by atoms with Crippen LogP contribution in [-0.2, 0) is 14.4 Å². The summed E-state index contributed by atoms with van der Waals surface area (Å²) < 4.78 is 0. The third-order valence-electron chi connectivity index (χ3n) is 3.44. The molecule has 1 fully saturated rings. The van der Waals surface area contributed by atoms with Crippen molar-refractivity contribution >= 4 is 17.5 Å². The number of likely N-dealkylation sites (tertiary alicyclic amines) is 1. The van der Waals surface area contributed by atoms with Crippen molar-refractivity contribution in [3.8, 4) is 0 Å². The molecule has 0 aromatic rings. The first kappa shape index (κ1) is 14.8. The zero-order chi connectivity index (χ0) is 13.9. The standard InChI is InChI=1S/C13H21NO4/c1-9(16)10-6-4-5-7-14(10)12(18)11(17)13(2,3)8-15/h10,15H,4-8H2,1-3H3. The minimum absolute atomic E-state index is 0.0855. The lowest BCUT2D eigenvalue weighted by Gasteiger charge is -2.35. The Morgan fingerprint density at radius 2 is 1.89 bits per heavy atom. The highest BCUT2D eigenvalue weighted by Crippen LogP contribution is 2.22. The normalized spacial score (nSPS) is 20.7. The predicted octanol–water partition coefficient (Wildman–Crippen LogP) is 0.544. The van der Waals surface area contributed by atoms with E-state index in [1.54, 1.807) is 0 Å². The molecule has 18 heavy (non-hydrogen) atoms. The van der Waals surface area contributed by atoms with Crippen molar-refractivity contribution in [3.63, 3.8) is 0 Å². The van der Waals surface area contributed by atoms with Crippen LogP contribution in [0.2, 0.25) is 0 Å². The molecule has 1 aliphatic rings.